The second kappa shape index (κ2) is 7.15. The highest BCUT2D eigenvalue weighted by atomic mass is 79.9. The Kier molecular flexibility index (Phi) is 4.78. The molecule has 1 amide bonds. The van der Waals surface area contributed by atoms with E-state index in [4.69, 9.17) is 0 Å². The molecule has 2 aromatic heterocycles. The zero-order valence-corrected chi connectivity index (χ0v) is 13.8. The van der Waals surface area contributed by atoms with Gasteiger partial charge in [-0.25, -0.2) is 0 Å². The molecular weight excluding hydrogens is 354 g/mol. The zero-order valence-electron chi connectivity index (χ0n) is 12.3. The second-order valence-electron chi connectivity index (χ2n) is 4.98. The van der Waals surface area contributed by atoms with Gasteiger partial charge in [-0.05, 0) is 39.7 Å². The Labute approximate surface area is 142 Å². The molecule has 0 radical (unpaired) electrons. The number of hydrogen-bond acceptors (Lipinski definition) is 2. The van der Waals surface area contributed by atoms with Gasteiger partial charge >= 0.3 is 0 Å². The largest absolute Gasteiger partial charge is 0.328 e. The van der Waals surface area contributed by atoms with Crippen molar-refractivity contribution in [3.63, 3.8) is 0 Å². The van der Waals surface area contributed by atoms with Crippen LogP contribution in [0.15, 0.2) is 82.7 Å². The third-order valence-electron chi connectivity index (χ3n) is 3.28. The molecule has 0 spiro atoms. The van der Waals surface area contributed by atoms with Gasteiger partial charge in [0.25, 0.3) is 5.91 Å². The monoisotopic (exact) mass is 367 g/mol. The van der Waals surface area contributed by atoms with E-state index in [1.807, 2.05) is 59.3 Å². The Hall–Kier alpha value is -2.53. The predicted molar refractivity (Wildman–Crippen MR) is 91.8 cm³/mol. The molecule has 3 aromatic rings. The molecule has 0 atom stereocenters. The highest BCUT2D eigenvalue weighted by molar-refractivity contribution is 9.10. The Morgan fingerprint density at radius 1 is 1.09 bits per heavy atom. The van der Waals surface area contributed by atoms with Gasteiger partial charge in [0.2, 0.25) is 0 Å². The van der Waals surface area contributed by atoms with Crippen molar-refractivity contribution in [1.29, 1.82) is 0 Å². The standard InChI is InChI=1S/C18H14BrN3O/c19-16-10-15(11-20-12-16)18(23)21-17-8-4-5-9-22(17)13-14-6-2-1-3-7-14/h1-12H,13H2. The van der Waals surface area contributed by atoms with Crippen molar-refractivity contribution in [2.24, 2.45) is 4.99 Å². The molecule has 0 saturated heterocycles. The van der Waals surface area contributed by atoms with Crippen LogP contribution in [0.2, 0.25) is 0 Å². The molecule has 114 valence electrons. The van der Waals surface area contributed by atoms with Gasteiger partial charge in [-0.1, -0.05) is 36.4 Å². The summed E-state index contributed by atoms with van der Waals surface area (Å²) in [7, 11) is 0. The summed E-state index contributed by atoms with van der Waals surface area (Å²) in [5, 5.41) is 0. The summed E-state index contributed by atoms with van der Waals surface area (Å²) in [4.78, 5) is 20.6. The molecular formula is C18H14BrN3O. The first kappa shape index (κ1) is 15.4. The van der Waals surface area contributed by atoms with E-state index in [9.17, 15) is 4.79 Å². The molecule has 0 saturated carbocycles. The fourth-order valence-corrected chi connectivity index (χ4v) is 2.54. The highest BCUT2D eigenvalue weighted by Gasteiger charge is 2.05. The first-order chi connectivity index (χ1) is 11.2. The number of rotatable bonds is 3. The van der Waals surface area contributed by atoms with Gasteiger partial charge in [-0.3, -0.25) is 9.78 Å². The Bertz CT molecular complexity index is 888. The van der Waals surface area contributed by atoms with Gasteiger partial charge in [-0.15, -0.1) is 0 Å². The van der Waals surface area contributed by atoms with Crippen LogP contribution >= 0.6 is 15.9 Å². The van der Waals surface area contributed by atoms with Crippen LogP contribution in [0.3, 0.4) is 0 Å². The quantitative estimate of drug-likeness (QED) is 0.711. The molecule has 4 nitrogen and oxygen atoms in total. The predicted octanol–water partition coefficient (Wildman–Crippen LogP) is 3.44. The highest BCUT2D eigenvalue weighted by Crippen LogP contribution is 2.10. The van der Waals surface area contributed by atoms with Crippen molar-refractivity contribution in [1.82, 2.24) is 9.55 Å². The smallest absolute Gasteiger partial charge is 0.280 e. The van der Waals surface area contributed by atoms with Crippen LogP contribution in [-0.4, -0.2) is 15.5 Å². The third-order valence-corrected chi connectivity index (χ3v) is 3.71. The van der Waals surface area contributed by atoms with E-state index in [1.165, 1.54) is 6.20 Å². The maximum absolute atomic E-state index is 12.3. The first-order valence-corrected chi connectivity index (χ1v) is 7.91. The number of nitrogens with zero attached hydrogens (tertiary/aromatic N) is 3. The van der Waals surface area contributed by atoms with Crippen LogP contribution in [0.25, 0.3) is 0 Å². The first-order valence-electron chi connectivity index (χ1n) is 7.11. The van der Waals surface area contributed by atoms with E-state index < -0.39 is 0 Å². The van der Waals surface area contributed by atoms with E-state index in [0.717, 1.165) is 10.0 Å². The summed E-state index contributed by atoms with van der Waals surface area (Å²) < 4.78 is 2.70. The second-order valence-corrected chi connectivity index (χ2v) is 5.90. The normalized spacial score (nSPS) is 11.4. The summed E-state index contributed by atoms with van der Waals surface area (Å²) in [5.74, 6) is -0.313. The van der Waals surface area contributed by atoms with Crippen molar-refractivity contribution in [3.8, 4) is 0 Å². The number of carbonyl (C=O) groups excluding carboxylic acids is 1. The molecule has 0 aliphatic heterocycles. The maximum Gasteiger partial charge on any atom is 0.280 e. The molecule has 0 N–H and O–H groups in total. The van der Waals surface area contributed by atoms with Gasteiger partial charge in [0.05, 0.1) is 5.56 Å². The summed E-state index contributed by atoms with van der Waals surface area (Å²) in [6.45, 7) is 0.657. The van der Waals surface area contributed by atoms with E-state index in [1.54, 1.807) is 12.3 Å². The Balaban J connectivity index is 1.95. The number of aromatic nitrogens is 2. The zero-order chi connectivity index (χ0) is 16.1. The van der Waals surface area contributed by atoms with E-state index in [2.05, 4.69) is 25.9 Å². The molecule has 1 aromatic carbocycles. The number of benzene rings is 1. The minimum atomic E-state index is -0.313. The lowest BCUT2D eigenvalue weighted by Crippen LogP contribution is -2.22. The molecule has 3 rings (SSSR count). The number of carbonyl (C=O) groups is 1. The van der Waals surface area contributed by atoms with Crippen LogP contribution < -0.4 is 5.49 Å². The molecule has 0 fully saturated rings. The summed E-state index contributed by atoms with van der Waals surface area (Å²) >= 11 is 3.31. The molecule has 0 aliphatic carbocycles. The number of hydrogen-bond donors (Lipinski definition) is 0. The van der Waals surface area contributed by atoms with Crippen molar-refractivity contribution >= 4 is 21.8 Å². The van der Waals surface area contributed by atoms with Crippen LogP contribution in [-0.2, 0) is 6.54 Å². The summed E-state index contributed by atoms with van der Waals surface area (Å²) in [5.41, 5.74) is 2.22. The summed E-state index contributed by atoms with van der Waals surface area (Å²) in [6.07, 6.45) is 5.06. The van der Waals surface area contributed by atoms with Gasteiger partial charge in [0.15, 0.2) is 0 Å². The third kappa shape index (κ3) is 4.02. The molecule has 23 heavy (non-hydrogen) atoms. The maximum atomic E-state index is 12.3. The van der Waals surface area contributed by atoms with Gasteiger partial charge in [0.1, 0.15) is 5.49 Å². The van der Waals surface area contributed by atoms with Gasteiger partial charge < -0.3 is 4.57 Å². The van der Waals surface area contributed by atoms with Crippen molar-refractivity contribution in [2.45, 2.75) is 6.54 Å². The van der Waals surface area contributed by atoms with Crippen LogP contribution in [0, 0.1) is 0 Å². The number of pyridine rings is 2. The molecule has 2 heterocycles. The van der Waals surface area contributed by atoms with Crippen molar-refractivity contribution < 1.29 is 4.79 Å². The molecule has 0 unspecified atom stereocenters. The average Bonchev–Trinajstić information content (AvgIpc) is 2.57. The SMILES string of the molecule is O=C(N=c1ccccn1Cc1ccccc1)c1cncc(Br)c1. The van der Waals surface area contributed by atoms with E-state index >= 15 is 0 Å². The fourth-order valence-electron chi connectivity index (χ4n) is 2.18. The molecule has 0 bridgehead atoms. The van der Waals surface area contributed by atoms with E-state index in [-0.39, 0.29) is 5.91 Å². The van der Waals surface area contributed by atoms with Crippen LogP contribution in [0.4, 0.5) is 0 Å². The van der Waals surface area contributed by atoms with Crippen molar-refractivity contribution in [2.75, 3.05) is 0 Å². The molecule has 5 heteroatoms. The lowest BCUT2D eigenvalue weighted by Gasteiger charge is -2.07. The Morgan fingerprint density at radius 2 is 1.87 bits per heavy atom. The Morgan fingerprint density at radius 3 is 2.65 bits per heavy atom. The topological polar surface area (TPSA) is 47.2 Å². The van der Waals surface area contributed by atoms with Gasteiger partial charge in [-0.2, -0.15) is 4.99 Å². The lowest BCUT2D eigenvalue weighted by molar-refractivity contribution is 0.0996. The molecule has 0 aliphatic rings. The van der Waals surface area contributed by atoms with E-state index in [0.29, 0.717) is 17.6 Å². The summed E-state index contributed by atoms with van der Waals surface area (Å²) in [6, 6.07) is 17.4. The van der Waals surface area contributed by atoms with Gasteiger partial charge in [0, 0.05) is 29.6 Å². The lowest BCUT2D eigenvalue weighted by atomic mass is 10.2. The minimum Gasteiger partial charge on any atom is -0.328 e. The fraction of sp³-hybridized carbons (Fsp3) is 0.0556. The van der Waals surface area contributed by atoms with Crippen LogP contribution in [0.5, 0.6) is 0 Å². The number of amides is 1. The van der Waals surface area contributed by atoms with Crippen molar-refractivity contribution in [3.05, 3.63) is 94.3 Å². The minimum absolute atomic E-state index is 0.313. The average molecular weight is 368 g/mol. The number of halogens is 1. The van der Waals surface area contributed by atoms with Crippen LogP contribution in [0.1, 0.15) is 15.9 Å².